The molecule has 134 valence electrons. The summed E-state index contributed by atoms with van der Waals surface area (Å²) in [6.45, 7) is 0. The highest BCUT2D eigenvalue weighted by Crippen LogP contribution is 2.26. The van der Waals surface area contributed by atoms with Gasteiger partial charge in [0.25, 0.3) is 0 Å². The Labute approximate surface area is 164 Å². The van der Waals surface area contributed by atoms with Crippen LogP contribution in [-0.2, 0) is 4.79 Å². The van der Waals surface area contributed by atoms with E-state index in [-0.39, 0.29) is 11.7 Å². The van der Waals surface area contributed by atoms with Crippen LogP contribution in [0, 0.1) is 0 Å². The maximum absolute atomic E-state index is 12.2. The number of carbonyl (C=O) groups is 1. The Hall–Kier alpha value is -2.22. The molecular formula is C17H14Cl2N4O2S. The number of carbonyl (C=O) groups excluding carboxylic acids is 1. The summed E-state index contributed by atoms with van der Waals surface area (Å²) in [5.41, 5.74) is 1.46. The van der Waals surface area contributed by atoms with Gasteiger partial charge in [-0.2, -0.15) is 0 Å². The van der Waals surface area contributed by atoms with Gasteiger partial charge in [0.15, 0.2) is 5.16 Å². The zero-order chi connectivity index (χ0) is 18.5. The first-order chi connectivity index (χ1) is 12.6. The topological polar surface area (TPSA) is 69.0 Å². The Kier molecular flexibility index (Phi) is 6.03. The standard InChI is InChI=1S/C17H14Cl2N4O2S/c1-25-13-5-3-12(4-6-13)23-10-20-22-17(23)26-9-16(24)21-11-2-7-14(18)15(19)8-11/h2-8,10H,9H2,1H3,(H,21,24). The van der Waals surface area contributed by atoms with Crippen LogP contribution in [0.1, 0.15) is 0 Å². The fourth-order valence-electron chi connectivity index (χ4n) is 2.14. The molecule has 0 spiro atoms. The molecule has 1 heterocycles. The van der Waals surface area contributed by atoms with Crippen LogP contribution >= 0.6 is 35.0 Å². The smallest absolute Gasteiger partial charge is 0.234 e. The number of benzene rings is 2. The summed E-state index contributed by atoms with van der Waals surface area (Å²) in [7, 11) is 1.61. The van der Waals surface area contributed by atoms with Gasteiger partial charge in [-0.15, -0.1) is 10.2 Å². The summed E-state index contributed by atoms with van der Waals surface area (Å²) in [5, 5.41) is 12.2. The number of rotatable bonds is 6. The fourth-order valence-corrected chi connectivity index (χ4v) is 3.17. The molecule has 2 aromatic carbocycles. The molecule has 0 radical (unpaired) electrons. The van der Waals surface area contributed by atoms with Crippen molar-refractivity contribution in [2.24, 2.45) is 0 Å². The predicted octanol–water partition coefficient (Wildman–Crippen LogP) is 4.31. The van der Waals surface area contributed by atoms with Crippen LogP contribution in [0.2, 0.25) is 10.0 Å². The molecule has 1 amide bonds. The van der Waals surface area contributed by atoms with Gasteiger partial charge in [-0.3, -0.25) is 9.36 Å². The summed E-state index contributed by atoms with van der Waals surface area (Å²) in [5.74, 6) is 0.754. The zero-order valence-corrected chi connectivity index (χ0v) is 16.0. The molecule has 0 atom stereocenters. The van der Waals surface area contributed by atoms with E-state index < -0.39 is 0 Å². The molecule has 1 N–H and O–H groups in total. The van der Waals surface area contributed by atoms with Crippen molar-refractivity contribution < 1.29 is 9.53 Å². The van der Waals surface area contributed by atoms with E-state index in [9.17, 15) is 4.79 Å². The highest BCUT2D eigenvalue weighted by molar-refractivity contribution is 7.99. The second-order valence-electron chi connectivity index (χ2n) is 5.15. The SMILES string of the molecule is COc1ccc(-n2cnnc2SCC(=O)Nc2ccc(Cl)c(Cl)c2)cc1. The van der Waals surface area contributed by atoms with Crippen molar-refractivity contribution >= 4 is 46.6 Å². The molecule has 0 aliphatic rings. The van der Waals surface area contributed by atoms with E-state index in [0.717, 1.165) is 11.4 Å². The third kappa shape index (κ3) is 4.49. The van der Waals surface area contributed by atoms with Gasteiger partial charge in [-0.1, -0.05) is 35.0 Å². The van der Waals surface area contributed by atoms with Crippen LogP contribution < -0.4 is 10.1 Å². The Morgan fingerprint density at radius 1 is 1.19 bits per heavy atom. The number of anilines is 1. The second-order valence-corrected chi connectivity index (χ2v) is 6.90. The Morgan fingerprint density at radius 2 is 1.96 bits per heavy atom. The molecule has 3 aromatic rings. The van der Waals surface area contributed by atoms with Gasteiger partial charge in [0.05, 0.1) is 22.9 Å². The maximum Gasteiger partial charge on any atom is 0.234 e. The van der Waals surface area contributed by atoms with Crippen molar-refractivity contribution in [2.75, 3.05) is 18.2 Å². The average Bonchev–Trinajstić information content (AvgIpc) is 3.12. The molecule has 0 fully saturated rings. The lowest BCUT2D eigenvalue weighted by Gasteiger charge is -2.08. The third-order valence-electron chi connectivity index (χ3n) is 3.40. The maximum atomic E-state index is 12.2. The van der Waals surface area contributed by atoms with E-state index in [1.165, 1.54) is 11.8 Å². The molecule has 6 nitrogen and oxygen atoms in total. The van der Waals surface area contributed by atoms with Crippen molar-refractivity contribution in [3.05, 3.63) is 58.8 Å². The van der Waals surface area contributed by atoms with E-state index in [0.29, 0.717) is 20.9 Å². The molecule has 0 unspecified atom stereocenters. The minimum Gasteiger partial charge on any atom is -0.497 e. The van der Waals surface area contributed by atoms with E-state index in [1.54, 1.807) is 36.2 Å². The Bertz CT molecular complexity index is 915. The number of ether oxygens (including phenoxy) is 1. The van der Waals surface area contributed by atoms with E-state index in [4.69, 9.17) is 27.9 Å². The largest absolute Gasteiger partial charge is 0.497 e. The normalized spacial score (nSPS) is 10.6. The number of halogens is 2. The first-order valence-corrected chi connectivity index (χ1v) is 9.23. The predicted molar refractivity (Wildman–Crippen MR) is 104 cm³/mol. The second kappa shape index (κ2) is 8.44. The molecule has 0 bridgehead atoms. The average molecular weight is 409 g/mol. The van der Waals surface area contributed by atoms with Crippen molar-refractivity contribution in [3.63, 3.8) is 0 Å². The van der Waals surface area contributed by atoms with Crippen LogP contribution in [0.25, 0.3) is 5.69 Å². The number of aromatic nitrogens is 3. The molecule has 9 heteroatoms. The van der Waals surface area contributed by atoms with E-state index >= 15 is 0 Å². The number of nitrogens with zero attached hydrogens (tertiary/aromatic N) is 3. The van der Waals surface area contributed by atoms with Crippen LogP contribution in [0.3, 0.4) is 0 Å². The molecule has 26 heavy (non-hydrogen) atoms. The van der Waals surface area contributed by atoms with Gasteiger partial charge in [0.1, 0.15) is 12.1 Å². The van der Waals surface area contributed by atoms with Crippen LogP contribution in [0.15, 0.2) is 53.9 Å². The number of amides is 1. The molecule has 0 aliphatic carbocycles. The summed E-state index contributed by atoms with van der Waals surface area (Å²) in [4.78, 5) is 12.2. The number of nitrogens with one attached hydrogen (secondary N) is 1. The minimum absolute atomic E-state index is 0.176. The lowest BCUT2D eigenvalue weighted by atomic mass is 10.3. The monoisotopic (exact) mass is 408 g/mol. The first kappa shape index (κ1) is 18.6. The lowest BCUT2D eigenvalue weighted by Crippen LogP contribution is -2.14. The molecule has 0 saturated heterocycles. The Balaban J connectivity index is 1.63. The number of hydrogen-bond donors (Lipinski definition) is 1. The van der Waals surface area contributed by atoms with Gasteiger partial charge < -0.3 is 10.1 Å². The van der Waals surface area contributed by atoms with E-state index in [2.05, 4.69) is 15.5 Å². The Morgan fingerprint density at radius 3 is 2.65 bits per heavy atom. The molecular weight excluding hydrogens is 395 g/mol. The van der Waals surface area contributed by atoms with E-state index in [1.807, 2.05) is 24.3 Å². The number of thioether (sulfide) groups is 1. The molecule has 0 saturated carbocycles. The molecule has 0 aliphatic heterocycles. The lowest BCUT2D eigenvalue weighted by molar-refractivity contribution is -0.113. The highest BCUT2D eigenvalue weighted by atomic mass is 35.5. The fraction of sp³-hybridized carbons (Fsp3) is 0.118. The van der Waals surface area contributed by atoms with Gasteiger partial charge in [-0.05, 0) is 42.5 Å². The van der Waals surface area contributed by atoms with Crippen molar-refractivity contribution in [1.82, 2.24) is 14.8 Å². The van der Waals surface area contributed by atoms with Crippen LogP contribution in [-0.4, -0.2) is 33.5 Å². The van der Waals surface area contributed by atoms with Crippen LogP contribution in [0.4, 0.5) is 5.69 Å². The summed E-state index contributed by atoms with van der Waals surface area (Å²) >= 11 is 13.1. The van der Waals surface area contributed by atoms with Gasteiger partial charge in [-0.25, -0.2) is 0 Å². The van der Waals surface area contributed by atoms with Gasteiger partial charge >= 0.3 is 0 Å². The third-order valence-corrected chi connectivity index (χ3v) is 5.08. The highest BCUT2D eigenvalue weighted by Gasteiger charge is 2.11. The summed E-state index contributed by atoms with van der Waals surface area (Å²) in [6.07, 6.45) is 1.60. The molecule has 3 rings (SSSR count). The van der Waals surface area contributed by atoms with Crippen molar-refractivity contribution in [1.29, 1.82) is 0 Å². The van der Waals surface area contributed by atoms with Gasteiger partial charge in [0.2, 0.25) is 5.91 Å². The number of methoxy groups -OCH3 is 1. The van der Waals surface area contributed by atoms with Crippen molar-refractivity contribution in [2.45, 2.75) is 5.16 Å². The molecule has 1 aromatic heterocycles. The zero-order valence-electron chi connectivity index (χ0n) is 13.6. The number of hydrogen-bond acceptors (Lipinski definition) is 5. The van der Waals surface area contributed by atoms with Crippen LogP contribution in [0.5, 0.6) is 5.75 Å². The summed E-state index contributed by atoms with van der Waals surface area (Å²) < 4.78 is 6.95. The summed E-state index contributed by atoms with van der Waals surface area (Å²) in [6, 6.07) is 12.4. The van der Waals surface area contributed by atoms with Crippen molar-refractivity contribution in [3.8, 4) is 11.4 Å². The van der Waals surface area contributed by atoms with Gasteiger partial charge in [0, 0.05) is 11.4 Å². The minimum atomic E-state index is -0.183. The quantitative estimate of drug-likeness (QED) is 0.615. The first-order valence-electron chi connectivity index (χ1n) is 7.49.